The third kappa shape index (κ3) is 4.19. The summed E-state index contributed by atoms with van der Waals surface area (Å²) in [6.45, 7) is 4.95. The number of likely N-dealkylation sites (N-methyl/N-ethyl adjacent to an activating group) is 1. The molecular weight excluding hydrogens is 262 g/mol. The lowest BCUT2D eigenvalue weighted by Crippen LogP contribution is -2.35. The molecule has 1 aromatic carbocycles. The largest absolute Gasteiger partial charge is 0.371 e. The maximum absolute atomic E-state index is 11.9. The van der Waals surface area contributed by atoms with Crippen molar-refractivity contribution in [3.8, 4) is 0 Å². The molecule has 0 saturated heterocycles. The van der Waals surface area contributed by atoms with Gasteiger partial charge in [0.25, 0.3) is 0 Å². The van der Waals surface area contributed by atoms with Crippen molar-refractivity contribution in [1.29, 1.82) is 0 Å². The van der Waals surface area contributed by atoms with Crippen LogP contribution < -0.4 is 15.4 Å². The van der Waals surface area contributed by atoms with Crippen LogP contribution in [0.3, 0.4) is 0 Å². The molecule has 1 aromatic rings. The Balaban J connectivity index is 2.87. The highest BCUT2D eigenvalue weighted by Gasteiger charge is 2.14. The monoisotopic (exact) mass is 285 g/mol. The van der Waals surface area contributed by atoms with Crippen LogP contribution in [-0.4, -0.2) is 34.6 Å². The Labute approximate surface area is 115 Å². The van der Waals surface area contributed by atoms with Crippen LogP contribution in [0.25, 0.3) is 0 Å². The van der Waals surface area contributed by atoms with Gasteiger partial charge in [0, 0.05) is 31.9 Å². The summed E-state index contributed by atoms with van der Waals surface area (Å²) in [5.41, 5.74) is 6.57. The molecule has 0 aliphatic heterocycles. The molecule has 0 aromatic heterocycles. The van der Waals surface area contributed by atoms with Crippen LogP contribution in [-0.2, 0) is 10.0 Å². The number of hydrogen-bond acceptors (Lipinski definition) is 4. The zero-order valence-corrected chi connectivity index (χ0v) is 12.6. The van der Waals surface area contributed by atoms with Crippen molar-refractivity contribution in [2.45, 2.75) is 31.2 Å². The van der Waals surface area contributed by atoms with E-state index in [2.05, 4.69) is 4.72 Å². The molecule has 5 nitrogen and oxygen atoms in total. The van der Waals surface area contributed by atoms with Crippen LogP contribution in [0.4, 0.5) is 5.69 Å². The third-order valence-electron chi connectivity index (χ3n) is 3.10. The predicted molar refractivity (Wildman–Crippen MR) is 78.8 cm³/mol. The Kier molecular flexibility index (Phi) is 5.78. The summed E-state index contributed by atoms with van der Waals surface area (Å²) in [4.78, 5) is 2.31. The Morgan fingerprint density at radius 1 is 1.32 bits per heavy atom. The lowest BCUT2D eigenvalue weighted by Gasteiger charge is -2.25. The average Bonchev–Trinajstić information content (AvgIpc) is 2.43. The van der Waals surface area contributed by atoms with Crippen molar-refractivity contribution in [3.63, 3.8) is 0 Å². The van der Waals surface area contributed by atoms with Crippen LogP contribution >= 0.6 is 0 Å². The molecule has 3 N–H and O–H groups in total. The molecule has 0 saturated carbocycles. The fourth-order valence-corrected chi connectivity index (χ4v) is 2.73. The van der Waals surface area contributed by atoms with E-state index in [0.29, 0.717) is 18.0 Å². The van der Waals surface area contributed by atoms with Gasteiger partial charge in [0.2, 0.25) is 10.0 Å². The van der Waals surface area contributed by atoms with E-state index in [9.17, 15) is 8.42 Å². The van der Waals surface area contributed by atoms with Crippen LogP contribution in [0.1, 0.15) is 20.3 Å². The molecule has 0 radical (unpaired) electrons. The first-order chi connectivity index (χ1) is 8.92. The summed E-state index contributed by atoms with van der Waals surface area (Å²) in [6.07, 6.45) is 0.772. The number of nitrogens with one attached hydrogen (secondary N) is 1. The van der Waals surface area contributed by atoms with E-state index in [1.165, 1.54) is 0 Å². The summed E-state index contributed by atoms with van der Waals surface area (Å²) in [5.74, 6) is 0. The molecule has 108 valence electrons. The Hall–Kier alpha value is -1.11. The van der Waals surface area contributed by atoms with E-state index in [1.807, 2.05) is 25.8 Å². The first-order valence-electron chi connectivity index (χ1n) is 6.45. The van der Waals surface area contributed by atoms with E-state index in [0.717, 1.165) is 12.1 Å². The van der Waals surface area contributed by atoms with E-state index in [1.54, 1.807) is 24.3 Å². The van der Waals surface area contributed by atoms with Crippen molar-refractivity contribution >= 4 is 15.7 Å². The maximum Gasteiger partial charge on any atom is 0.240 e. The fraction of sp³-hybridized carbons (Fsp3) is 0.538. The van der Waals surface area contributed by atoms with Crippen molar-refractivity contribution in [1.82, 2.24) is 4.72 Å². The van der Waals surface area contributed by atoms with Gasteiger partial charge in [-0.1, -0.05) is 6.92 Å². The van der Waals surface area contributed by atoms with E-state index >= 15 is 0 Å². The molecule has 0 bridgehead atoms. The second-order valence-corrected chi connectivity index (χ2v) is 6.35. The van der Waals surface area contributed by atoms with Gasteiger partial charge >= 0.3 is 0 Å². The van der Waals surface area contributed by atoms with Crippen LogP contribution in [0.5, 0.6) is 0 Å². The summed E-state index contributed by atoms with van der Waals surface area (Å²) in [5, 5.41) is 0. The van der Waals surface area contributed by atoms with Crippen LogP contribution in [0, 0.1) is 0 Å². The number of benzene rings is 1. The number of hydrogen-bond donors (Lipinski definition) is 2. The summed E-state index contributed by atoms with van der Waals surface area (Å²) >= 11 is 0. The van der Waals surface area contributed by atoms with E-state index < -0.39 is 10.0 Å². The SMILES string of the molecule is CCCNS(=O)(=O)c1ccc(N(C)C(C)CN)cc1. The van der Waals surface area contributed by atoms with Crippen LogP contribution in [0.2, 0.25) is 0 Å². The van der Waals surface area contributed by atoms with Gasteiger partial charge < -0.3 is 10.6 Å². The molecule has 0 fully saturated rings. The third-order valence-corrected chi connectivity index (χ3v) is 4.58. The molecule has 0 aliphatic rings. The van der Waals surface area contributed by atoms with Gasteiger partial charge in [-0.15, -0.1) is 0 Å². The van der Waals surface area contributed by atoms with Crippen LogP contribution in [0.15, 0.2) is 29.2 Å². The normalized spacial score (nSPS) is 13.3. The average molecular weight is 285 g/mol. The van der Waals surface area contributed by atoms with Gasteiger partial charge in [-0.05, 0) is 37.6 Å². The minimum Gasteiger partial charge on any atom is -0.371 e. The molecule has 0 spiro atoms. The Bertz CT molecular complexity index is 485. The van der Waals surface area contributed by atoms with Gasteiger partial charge in [-0.2, -0.15) is 0 Å². The fourth-order valence-electron chi connectivity index (χ4n) is 1.59. The highest BCUT2D eigenvalue weighted by atomic mass is 32.2. The number of sulfonamides is 1. The molecule has 6 heteroatoms. The lowest BCUT2D eigenvalue weighted by atomic mass is 10.2. The first kappa shape index (κ1) is 15.9. The van der Waals surface area contributed by atoms with Crippen molar-refractivity contribution < 1.29 is 8.42 Å². The zero-order valence-electron chi connectivity index (χ0n) is 11.8. The summed E-state index contributed by atoms with van der Waals surface area (Å²) < 4.78 is 26.4. The molecular formula is C13H23N3O2S. The van der Waals surface area contributed by atoms with Gasteiger partial charge in [0.1, 0.15) is 0 Å². The molecule has 0 heterocycles. The minimum atomic E-state index is -3.38. The minimum absolute atomic E-state index is 0.209. The highest BCUT2D eigenvalue weighted by molar-refractivity contribution is 7.89. The summed E-state index contributed by atoms with van der Waals surface area (Å²) in [6, 6.07) is 7.04. The van der Waals surface area contributed by atoms with Gasteiger partial charge in [0.05, 0.1) is 4.90 Å². The molecule has 0 aliphatic carbocycles. The van der Waals surface area contributed by atoms with Gasteiger partial charge in [-0.3, -0.25) is 0 Å². The smallest absolute Gasteiger partial charge is 0.240 e. The zero-order chi connectivity index (χ0) is 14.5. The predicted octanol–water partition coefficient (Wildman–Crippen LogP) is 1.16. The Morgan fingerprint density at radius 2 is 1.89 bits per heavy atom. The quantitative estimate of drug-likeness (QED) is 0.788. The molecule has 1 atom stereocenters. The molecule has 0 amide bonds. The number of anilines is 1. The van der Waals surface area contributed by atoms with Crippen molar-refractivity contribution in [2.75, 3.05) is 25.0 Å². The summed E-state index contributed by atoms with van der Waals surface area (Å²) in [7, 11) is -1.44. The van der Waals surface area contributed by atoms with Gasteiger partial charge in [-0.25, -0.2) is 13.1 Å². The van der Waals surface area contributed by atoms with E-state index in [-0.39, 0.29) is 6.04 Å². The topological polar surface area (TPSA) is 75.4 Å². The Morgan fingerprint density at radius 3 is 2.37 bits per heavy atom. The molecule has 19 heavy (non-hydrogen) atoms. The number of nitrogens with two attached hydrogens (primary N) is 1. The molecule has 1 rings (SSSR count). The van der Waals surface area contributed by atoms with Crippen molar-refractivity contribution in [3.05, 3.63) is 24.3 Å². The number of rotatable bonds is 7. The standard InChI is InChI=1S/C13H23N3O2S/c1-4-9-15-19(17,18)13-7-5-12(6-8-13)16(3)11(2)10-14/h5-8,11,15H,4,9-10,14H2,1-3H3. The number of nitrogens with zero attached hydrogens (tertiary/aromatic N) is 1. The molecule has 1 unspecified atom stereocenters. The first-order valence-corrected chi connectivity index (χ1v) is 7.93. The van der Waals surface area contributed by atoms with E-state index in [4.69, 9.17) is 5.73 Å². The van der Waals surface area contributed by atoms with Crippen molar-refractivity contribution in [2.24, 2.45) is 5.73 Å². The lowest BCUT2D eigenvalue weighted by molar-refractivity contribution is 0.581. The maximum atomic E-state index is 11.9. The second-order valence-electron chi connectivity index (χ2n) is 4.59. The van der Waals surface area contributed by atoms with Gasteiger partial charge in [0.15, 0.2) is 0 Å². The second kappa shape index (κ2) is 6.88. The highest BCUT2D eigenvalue weighted by Crippen LogP contribution is 2.18.